The molecule has 0 fully saturated rings. The Labute approximate surface area is 103 Å². The number of aliphatic carboxylic acids is 1. The lowest BCUT2D eigenvalue weighted by molar-refractivity contribution is -0.150. The number of carboxylic acid groups (broad SMARTS) is 1. The van der Waals surface area contributed by atoms with E-state index in [1.165, 1.54) is 20.0 Å². The maximum absolute atomic E-state index is 11.3. The van der Waals surface area contributed by atoms with Crippen LogP contribution in [0.1, 0.15) is 45.4 Å². The summed E-state index contributed by atoms with van der Waals surface area (Å²) in [6.45, 7) is 2.14. The molecule has 1 atom stereocenters. The average Bonchev–Trinajstić information content (AvgIpc) is 2.30. The first-order valence-electron chi connectivity index (χ1n) is 6.06. The Kier molecular flexibility index (Phi) is 9.11. The van der Waals surface area contributed by atoms with E-state index >= 15 is 0 Å². The lowest BCUT2D eigenvalue weighted by Gasteiger charge is -2.09. The van der Waals surface area contributed by atoms with Crippen molar-refractivity contribution in [2.24, 2.45) is 5.92 Å². The molecule has 0 bridgehead atoms. The number of hydrogen-bond donors (Lipinski definition) is 1. The van der Waals surface area contributed by atoms with Crippen molar-refractivity contribution in [2.75, 3.05) is 7.11 Å². The first-order chi connectivity index (χ1) is 8.11. The van der Waals surface area contributed by atoms with Gasteiger partial charge in [0.25, 0.3) is 0 Å². The number of carbonyl (C=O) groups excluding carboxylic acids is 1. The Morgan fingerprint density at radius 1 is 1.29 bits per heavy atom. The number of rotatable bonds is 9. The topological polar surface area (TPSA) is 63.6 Å². The molecule has 0 aromatic carbocycles. The summed E-state index contributed by atoms with van der Waals surface area (Å²) in [5, 5.41) is 8.67. The molecule has 0 aromatic rings. The molecule has 1 N–H and O–H groups in total. The molecule has 0 saturated carbocycles. The summed E-state index contributed by atoms with van der Waals surface area (Å²) in [5.41, 5.74) is 0. The van der Waals surface area contributed by atoms with Crippen molar-refractivity contribution >= 4 is 11.9 Å². The van der Waals surface area contributed by atoms with Crippen molar-refractivity contribution in [2.45, 2.75) is 45.4 Å². The fourth-order valence-electron chi connectivity index (χ4n) is 1.53. The number of methoxy groups -OCH3 is 1. The molecule has 0 heterocycles. The molecule has 0 saturated heterocycles. The van der Waals surface area contributed by atoms with Crippen molar-refractivity contribution < 1.29 is 19.4 Å². The zero-order chi connectivity index (χ0) is 13.1. The summed E-state index contributed by atoms with van der Waals surface area (Å²) in [4.78, 5) is 21.9. The van der Waals surface area contributed by atoms with E-state index < -0.39 is 17.9 Å². The van der Waals surface area contributed by atoms with Gasteiger partial charge in [-0.1, -0.05) is 31.9 Å². The summed E-state index contributed by atoms with van der Waals surface area (Å²) in [6, 6.07) is 0. The highest BCUT2D eigenvalue weighted by molar-refractivity contribution is 5.79. The number of hydrogen-bond acceptors (Lipinski definition) is 3. The van der Waals surface area contributed by atoms with Gasteiger partial charge in [0.05, 0.1) is 19.4 Å². The molecule has 1 unspecified atom stereocenters. The van der Waals surface area contributed by atoms with Crippen LogP contribution < -0.4 is 0 Å². The molecule has 0 aliphatic carbocycles. The van der Waals surface area contributed by atoms with E-state index in [1.54, 1.807) is 0 Å². The van der Waals surface area contributed by atoms with Gasteiger partial charge >= 0.3 is 11.9 Å². The monoisotopic (exact) mass is 242 g/mol. The van der Waals surface area contributed by atoms with E-state index in [9.17, 15) is 9.59 Å². The summed E-state index contributed by atoms with van der Waals surface area (Å²) < 4.78 is 4.57. The van der Waals surface area contributed by atoms with Crippen molar-refractivity contribution in [1.82, 2.24) is 0 Å². The van der Waals surface area contributed by atoms with Gasteiger partial charge in [0.15, 0.2) is 0 Å². The zero-order valence-electron chi connectivity index (χ0n) is 10.6. The van der Waals surface area contributed by atoms with Crippen LogP contribution in [0.3, 0.4) is 0 Å². The molecule has 4 nitrogen and oxygen atoms in total. The molecule has 98 valence electrons. The van der Waals surface area contributed by atoms with Gasteiger partial charge in [0, 0.05) is 0 Å². The summed E-state index contributed by atoms with van der Waals surface area (Å²) in [6.07, 6.45) is 8.63. The third-order valence-electron chi connectivity index (χ3n) is 2.52. The number of esters is 1. The second-order valence-electron chi connectivity index (χ2n) is 4.02. The smallest absolute Gasteiger partial charge is 0.309 e. The molecule has 0 spiro atoms. The van der Waals surface area contributed by atoms with E-state index in [-0.39, 0.29) is 6.42 Å². The Morgan fingerprint density at radius 3 is 2.53 bits per heavy atom. The highest BCUT2D eigenvalue weighted by Gasteiger charge is 2.20. The van der Waals surface area contributed by atoms with Crippen LogP contribution in [-0.2, 0) is 14.3 Å². The van der Waals surface area contributed by atoms with E-state index in [2.05, 4.69) is 11.7 Å². The first-order valence-corrected chi connectivity index (χ1v) is 6.06. The van der Waals surface area contributed by atoms with Crippen LogP contribution in [0, 0.1) is 5.92 Å². The highest BCUT2D eigenvalue weighted by Crippen LogP contribution is 2.12. The van der Waals surface area contributed by atoms with Crippen LogP contribution in [0.2, 0.25) is 0 Å². The fraction of sp³-hybridized carbons (Fsp3) is 0.692. The van der Waals surface area contributed by atoms with Crippen LogP contribution in [-0.4, -0.2) is 24.2 Å². The predicted molar refractivity (Wildman–Crippen MR) is 65.7 cm³/mol. The fourth-order valence-corrected chi connectivity index (χ4v) is 1.53. The maximum Gasteiger partial charge on any atom is 0.309 e. The van der Waals surface area contributed by atoms with Crippen LogP contribution in [0.4, 0.5) is 0 Å². The Morgan fingerprint density at radius 2 is 2.00 bits per heavy atom. The molecule has 0 amide bonds. The molecule has 0 aromatic heterocycles. The summed E-state index contributed by atoms with van der Waals surface area (Å²) in [5.74, 6) is -2.00. The largest absolute Gasteiger partial charge is 0.481 e. The van der Waals surface area contributed by atoms with E-state index in [4.69, 9.17) is 5.11 Å². The number of carbonyl (C=O) groups is 2. The molecule has 0 rings (SSSR count). The second-order valence-corrected chi connectivity index (χ2v) is 4.02. The van der Waals surface area contributed by atoms with E-state index in [1.807, 2.05) is 12.2 Å². The lowest BCUT2D eigenvalue weighted by atomic mass is 10.0. The van der Waals surface area contributed by atoms with Crippen molar-refractivity contribution in [3.63, 3.8) is 0 Å². The van der Waals surface area contributed by atoms with Gasteiger partial charge in [-0.05, 0) is 19.3 Å². The number of unbranched alkanes of at least 4 members (excludes halogenated alkanes) is 3. The Bertz CT molecular complexity index is 258. The van der Waals surface area contributed by atoms with Crippen LogP contribution in [0.15, 0.2) is 12.2 Å². The molecular formula is C13H22O4. The molecule has 0 radical (unpaired) electrons. The second kappa shape index (κ2) is 9.87. The van der Waals surface area contributed by atoms with Crippen LogP contribution in [0.25, 0.3) is 0 Å². The average molecular weight is 242 g/mol. The van der Waals surface area contributed by atoms with Gasteiger partial charge < -0.3 is 9.84 Å². The van der Waals surface area contributed by atoms with E-state index in [0.29, 0.717) is 6.42 Å². The van der Waals surface area contributed by atoms with Crippen molar-refractivity contribution in [1.29, 1.82) is 0 Å². The van der Waals surface area contributed by atoms with Gasteiger partial charge in [0.2, 0.25) is 0 Å². The highest BCUT2D eigenvalue weighted by atomic mass is 16.5. The van der Waals surface area contributed by atoms with E-state index in [0.717, 1.165) is 12.8 Å². The molecular weight excluding hydrogens is 220 g/mol. The third-order valence-corrected chi connectivity index (χ3v) is 2.52. The number of ether oxygens (including phenoxy) is 1. The van der Waals surface area contributed by atoms with Gasteiger partial charge in [-0.3, -0.25) is 9.59 Å². The van der Waals surface area contributed by atoms with Gasteiger partial charge in [-0.15, -0.1) is 0 Å². The Balaban J connectivity index is 3.98. The lowest BCUT2D eigenvalue weighted by Crippen LogP contribution is -2.19. The van der Waals surface area contributed by atoms with Crippen LogP contribution in [0.5, 0.6) is 0 Å². The minimum atomic E-state index is -0.972. The molecule has 17 heavy (non-hydrogen) atoms. The molecule has 4 heteroatoms. The SMILES string of the molecule is CCCCCC=CCC(CC(=O)O)C(=O)OC. The minimum Gasteiger partial charge on any atom is -0.481 e. The molecule has 0 aliphatic rings. The standard InChI is InChI=1S/C13H22O4/c1-3-4-5-6-7-8-9-11(10-12(14)15)13(16)17-2/h7-8,11H,3-6,9-10H2,1-2H3,(H,14,15). The molecule has 0 aliphatic heterocycles. The zero-order valence-corrected chi connectivity index (χ0v) is 10.6. The summed E-state index contributed by atoms with van der Waals surface area (Å²) >= 11 is 0. The maximum atomic E-state index is 11.3. The van der Waals surface area contributed by atoms with Crippen LogP contribution >= 0.6 is 0 Å². The number of allylic oxidation sites excluding steroid dienone is 2. The van der Waals surface area contributed by atoms with Crippen molar-refractivity contribution in [3.8, 4) is 0 Å². The Hall–Kier alpha value is -1.32. The van der Waals surface area contributed by atoms with Gasteiger partial charge in [-0.25, -0.2) is 0 Å². The van der Waals surface area contributed by atoms with Crippen molar-refractivity contribution in [3.05, 3.63) is 12.2 Å². The minimum absolute atomic E-state index is 0.175. The number of carboxylic acids is 1. The summed E-state index contributed by atoms with van der Waals surface area (Å²) in [7, 11) is 1.28. The quantitative estimate of drug-likeness (QED) is 0.383. The normalized spacial score (nSPS) is 12.6. The third kappa shape index (κ3) is 8.48. The first kappa shape index (κ1) is 15.7. The van der Waals surface area contributed by atoms with Gasteiger partial charge in [0.1, 0.15) is 0 Å². The predicted octanol–water partition coefficient (Wildman–Crippen LogP) is 2.78. The van der Waals surface area contributed by atoms with Gasteiger partial charge in [-0.2, -0.15) is 0 Å².